The van der Waals surface area contributed by atoms with Crippen LogP contribution in [0.2, 0.25) is 5.02 Å². The Labute approximate surface area is 171 Å². The van der Waals surface area contributed by atoms with E-state index in [1.165, 1.54) is 12.1 Å². The molecule has 0 spiro atoms. The molecule has 150 valence electrons. The largest absolute Gasteiger partial charge is 0.392 e. The van der Waals surface area contributed by atoms with Crippen molar-refractivity contribution in [2.45, 2.75) is 44.5 Å². The maximum Gasteiger partial charge on any atom is 0.203 e. The Hall–Kier alpha value is -1.66. The van der Waals surface area contributed by atoms with Crippen molar-refractivity contribution in [2.24, 2.45) is 11.8 Å². The van der Waals surface area contributed by atoms with Gasteiger partial charge in [0.25, 0.3) is 0 Å². The fourth-order valence-electron chi connectivity index (χ4n) is 3.92. The van der Waals surface area contributed by atoms with Gasteiger partial charge < -0.3 is 9.84 Å². The third-order valence-corrected chi connectivity index (χ3v) is 7.86. The highest BCUT2D eigenvalue weighted by molar-refractivity contribution is 7.95. The lowest BCUT2D eigenvalue weighted by Crippen LogP contribution is -2.43. The van der Waals surface area contributed by atoms with Crippen molar-refractivity contribution in [2.75, 3.05) is 0 Å². The molecule has 0 aliphatic heterocycles. The lowest BCUT2D eigenvalue weighted by Gasteiger charge is -2.39. The Morgan fingerprint density at radius 2 is 1.64 bits per heavy atom. The second kappa shape index (κ2) is 8.37. The smallest absolute Gasteiger partial charge is 0.203 e. The molecule has 1 aliphatic rings. The Morgan fingerprint density at radius 3 is 2.25 bits per heavy atom. The summed E-state index contributed by atoms with van der Waals surface area (Å²) in [5, 5.41) is 11.2. The van der Waals surface area contributed by atoms with Crippen molar-refractivity contribution in [1.82, 2.24) is 0 Å². The summed E-state index contributed by atoms with van der Waals surface area (Å²) in [5.74, 6) is -0.741. The molecule has 0 saturated heterocycles. The van der Waals surface area contributed by atoms with E-state index >= 15 is 0 Å². The van der Waals surface area contributed by atoms with Gasteiger partial charge in [0, 0.05) is 16.9 Å². The molecule has 0 saturated carbocycles. The predicted octanol–water partition coefficient (Wildman–Crippen LogP) is 4.62. The fraction of sp³-hybridized carbons (Fsp3) is 0.364. The summed E-state index contributed by atoms with van der Waals surface area (Å²) in [5.41, 5.74) is 1.65. The number of rotatable bonds is 5. The van der Waals surface area contributed by atoms with E-state index < -0.39 is 28.0 Å². The second-order valence-corrected chi connectivity index (χ2v) is 9.71. The minimum atomic E-state index is -3.77. The van der Waals surface area contributed by atoms with Gasteiger partial charge in [0.15, 0.2) is 0 Å². The summed E-state index contributed by atoms with van der Waals surface area (Å²) < 4.78 is 32.7. The third kappa shape index (κ3) is 4.03. The number of ether oxygens (including phenoxy) is 1. The van der Waals surface area contributed by atoms with Gasteiger partial charge in [-0.2, -0.15) is 0 Å². The summed E-state index contributed by atoms with van der Waals surface area (Å²) in [6.45, 7) is 5.78. The number of hydrogen-bond acceptors (Lipinski definition) is 4. The lowest BCUT2D eigenvalue weighted by atomic mass is 9.79. The average molecular weight is 421 g/mol. The number of benzene rings is 2. The maximum atomic E-state index is 13.3. The molecule has 0 unspecified atom stereocenters. The van der Waals surface area contributed by atoms with Crippen LogP contribution in [-0.2, 0) is 21.2 Å². The van der Waals surface area contributed by atoms with Gasteiger partial charge in [-0.15, -0.1) is 0 Å². The molecule has 2 aromatic carbocycles. The van der Waals surface area contributed by atoms with Crippen molar-refractivity contribution >= 4 is 21.4 Å². The molecular formula is C22H25ClO4S. The van der Waals surface area contributed by atoms with Crippen LogP contribution < -0.4 is 0 Å². The molecule has 0 fully saturated rings. The first kappa shape index (κ1) is 21.1. The van der Waals surface area contributed by atoms with Crippen LogP contribution in [0.25, 0.3) is 0 Å². The second-order valence-electron chi connectivity index (χ2n) is 7.36. The van der Waals surface area contributed by atoms with Crippen molar-refractivity contribution < 1.29 is 18.3 Å². The minimum absolute atomic E-state index is 0.168. The molecule has 4 atom stereocenters. The SMILES string of the molecule is CC1=C(S(=O)(=O)c2ccc(Cl)cc2)[C@H](C)[C@@H](O)[C@@H](C)[C@H]1OCc1ccccc1. The van der Waals surface area contributed by atoms with Crippen LogP contribution in [0.1, 0.15) is 26.3 Å². The molecule has 0 heterocycles. The van der Waals surface area contributed by atoms with Crippen LogP contribution in [-0.4, -0.2) is 25.7 Å². The molecule has 2 aromatic rings. The highest BCUT2D eigenvalue weighted by atomic mass is 35.5. The topological polar surface area (TPSA) is 63.6 Å². The molecule has 0 bridgehead atoms. The summed E-state index contributed by atoms with van der Waals surface area (Å²) in [6, 6.07) is 15.8. The molecule has 4 nitrogen and oxygen atoms in total. The maximum absolute atomic E-state index is 13.3. The van der Waals surface area contributed by atoms with E-state index in [4.69, 9.17) is 16.3 Å². The zero-order valence-corrected chi connectivity index (χ0v) is 17.7. The van der Waals surface area contributed by atoms with E-state index in [1.54, 1.807) is 26.0 Å². The number of sulfone groups is 1. The number of aliphatic hydroxyl groups excluding tert-OH is 1. The van der Waals surface area contributed by atoms with Crippen molar-refractivity contribution in [1.29, 1.82) is 0 Å². The molecule has 0 radical (unpaired) electrons. The van der Waals surface area contributed by atoms with Crippen LogP contribution in [0.15, 0.2) is 70.0 Å². The van der Waals surface area contributed by atoms with Gasteiger partial charge in [0.2, 0.25) is 9.84 Å². The lowest BCUT2D eigenvalue weighted by molar-refractivity contribution is -0.0402. The molecule has 3 rings (SSSR count). The Morgan fingerprint density at radius 1 is 1.04 bits per heavy atom. The van der Waals surface area contributed by atoms with E-state index in [-0.39, 0.29) is 15.7 Å². The van der Waals surface area contributed by atoms with Crippen LogP contribution in [0.4, 0.5) is 0 Å². The van der Waals surface area contributed by atoms with Gasteiger partial charge in [-0.05, 0) is 42.3 Å². The molecular weight excluding hydrogens is 396 g/mol. The van der Waals surface area contributed by atoms with Crippen LogP contribution in [0.5, 0.6) is 0 Å². The van der Waals surface area contributed by atoms with Crippen molar-refractivity contribution in [3.63, 3.8) is 0 Å². The Balaban J connectivity index is 1.99. The summed E-state index contributed by atoms with van der Waals surface area (Å²) in [4.78, 5) is 0.403. The summed E-state index contributed by atoms with van der Waals surface area (Å²) >= 11 is 5.90. The first-order chi connectivity index (χ1) is 13.2. The Bertz CT molecular complexity index is 952. The quantitative estimate of drug-likeness (QED) is 0.766. The van der Waals surface area contributed by atoms with Crippen molar-refractivity contribution in [3.05, 3.63) is 75.7 Å². The van der Waals surface area contributed by atoms with E-state index in [0.29, 0.717) is 17.2 Å². The van der Waals surface area contributed by atoms with Gasteiger partial charge in [0.1, 0.15) is 0 Å². The zero-order valence-electron chi connectivity index (χ0n) is 16.2. The standard InChI is InChI=1S/C22H25ClO4S/c1-14-20(24)15(2)22(28(25,26)19-11-9-18(23)10-12-19)16(3)21(14)27-13-17-7-5-4-6-8-17/h4-12,14-15,20-21,24H,13H2,1-3H3/t14-,15-,20+,21-/m1/s1. The molecule has 1 aliphatic carbocycles. The van der Waals surface area contributed by atoms with Crippen LogP contribution >= 0.6 is 11.6 Å². The number of hydrogen-bond donors (Lipinski definition) is 1. The number of aliphatic hydroxyl groups is 1. The minimum Gasteiger partial charge on any atom is -0.392 e. The van der Waals surface area contributed by atoms with Gasteiger partial charge >= 0.3 is 0 Å². The number of halogens is 1. The van der Waals surface area contributed by atoms with Crippen molar-refractivity contribution in [3.8, 4) is 0 Å². The highest BCUT2D eigenvalue weighted by Crippen LogP contribution is 2.41. The van der Waals surface area contributed by atoms with Crippen LogP contribution in [0, 0.1) is 11.8 Å². The highest BCUT2D eigenvalue weighted by Gasteiger charge is 2.43. The molecule has 0 amide bonds. The van der Waals surface area contributed by atoms with E-state index in [0.717, 1.165) is 5.56 Å². The molecule has 6 heteroatoms. The Kier molecular flexibility index (Phi) is 6.30. The van der Waals surface area contributed by atoms with Gasteiger partial charge in [0.05, 0.1) is 28.6 Å². The van der Waals surface area contributed by atoms with E-state index in [2.05, 4.69) is 0 Å². The summed E-state index contributed by atoms with van der Waals surface area (Å²) in [6.07, 6.45) is -1.30. The average Bonchev–Trinajstić information content (AvgIpc) is 2.67. The third-order valence-electron chi connectivity index (χ3n) is 5.44. The van der Waals surface area contributed by atoms with E-state index in [9.17, 15) is 13.5 Å². The van der Waals surface area contributed by atoms with Gasteiger partial charge in [-0.3, -0.25) is 0 Å². The first-order valence-electron chi connectivity index (χ1n) is 9.28. The monoisotopic (exact) mass is 420 g/mol. The van der Waals surface area contributed by atoms with Crippen LogP contribution in [0.3, 0.4) is 0 Å². The van der Waals surface area contributed by atoms with Gasteiger partial charge in [-0.1, -0.05) is 55.8 Å². The molecule has 0 aromatic heterocycles. The summed E-state index contributed by atoms with van der Waals surface area (Å²) in [7, 11) is -3.77. The molecule has 1 N–H and O–H groups in total. The molecule has 28 heavy (non-hydrogen) atoms. The van der Waals surface area contributed by atoms with Gasteiger partial charge in [-0.25, -0.2) is 8.42 Å². The fourth-order valence-corrected chi connectivity index (χ4v) is 5.96. The predicted molar refractivity (Wildman–Crippen MR) is 111 cm³/mol. The zero-order chi connectivity index (χ0) is 20.5. The first-order valence-corrected chi connectivity index (χ1v) is 11.1. The van der Waals surface area contributed by atoms with E-state index in [1.807, 2.05) is 37.3 Å². The normalized spacial score (nSPS) is 25.8.